The van der Waals surface area contributed by atoms with Crippen molar-refractivity contribution in [3.8, 4) is 0 Å². The van der Waals surface area contributed by atoms with Gasteiger partial charge in [-0.3, -0.25) is 0 Å². The van der Waals surface area contributed by atoms with E-state index in [4.69, 9.17) is 0 Å². The molecule has 0 N–H and O–H groups in total. The second-order valence-corrected chi connectivity index (χ2v) is 2.20. The number of aliphatic imine (C=N–C) groups is 2. The van der Waals surface area contributed by atoms with E-state index < -0.39 is 23.7 Å². The molecule has 82 valence electrons. The molecule has 0 saturated heterocycles. The minimum atomic E-state index is -5.42. The lowest BCUT2D eigenvalue weighted by atomic mass is 10.7. The van der Waals surface area contributed by atoms with E-state index in [1.54, 1.807) is 0 Å². The van der Waals surface area contributed by atoms with E-state index in [-0.39, 0.29) is 0 Å². The number of halogens is 8. The minimum Gasteiger partial charge on any atom is -0.180 e. The molecule has 0 unspecified atom stereocenters. The minimum absolute atomic E-state index is 1.15. The van der Waals surface area contributed by atoms with Crippen LogP contribution >= 0.6 is 11.6 Å². The Morgan fingerprint density at radius 2 is 1.21 bits per heavy atom. The topological polar surface area (TPSA) is 24.7 Å². The van der Waals surface area contributed by atoms with E-state index in [0.717, 1.165) is 4.99 Å². The molecule has 0 aromatic heterocycles. The zero-order valence-electron chi connectivity index (χ0n) is 5.92. The average Bonchev–Trinajstić information content (AvgIpc) is 1.78. The summed E-state index contributed by atoms with van der Waals surface area (Å²) in [5.74, 6) is -5.56. The van der Waals surface area contributed by atoms with Crippen LogP contribution in [0.25, 0.3) is 0 Å². The van der Waals surface area contributed by atoms with E-state index in [0.29, 0.717) is 0 Å². The zero-order valence-corrected chi connectivity index (χ0v) is 6.67. The Labute approximate surface area is 77.1 Å². The highest BCUT2D eigenvalue weighted by Gasteiger charge is 2.31. The Morgan fingerprint density at radius 3 is 1.50 bits per heavy atom. The lowest BCUT2D eigenvalue weighted by Crippen LogP contribution is -2.14. The van der Waals surface area contributed by atoms with Gasteiger partial charge in [-0.1, -0.05) is 0 Å². The van der Waals surface area contributed by atoms with Gasteiger partial charge in [0.05, 0.1) is 0 Å². The third kappa shape index (κ3) is 6.63. The third-order valence-corrected chi connectivity index (χ3v) is 0.705. The van der Waals surface area contributed by atoms with Gasteiger partial charge < -0.3 is 0 Å². The summed E-state index contributed by atoms with van der Waals surface area (Å²) in [6.07, 6.45) is -5.42. The normalized spacial score (nSPS) is 16.0. The first kappa shape index (κ1) is 13.1. The quantitative estimate of drug-likeness (QED) is 0.309. The van der Waals surface area contributed by atoms with E-state index in [1.165, 1.54) is 4.99 Å². The summed E-state index contributed by atoms with van der Waals surface area (Å²) in [7, 11) is 0. The van der Waals surface area contributed by atoms with Crippen molar-refractivity contribution >= 4 is 23.5 Å². The van der Waals surface area contributed by atoms with Gasteiger partial charge in [0.2, 0.25) is 0 Å². The molecule has 0 spiro atoms. The van der Waals surface area contributed by atoms with Crippen molar-refractivity contribution in [2.45, 2.75) is 11.8 Å². The van der Waals surface area contributed by atoms with Crippen molar-refractivity contribution in [1.29, 1.82) is 0 Å². The van der Waals surface area contributed by atoms with Gasteiger partial charge in [-0.2, -0.15) is 27.5 Å². The molecule has 0 bridgehead atoms. The van der Waals surface area contributed by atoms with Crippen LogP contribution in [0, 0.1) is 0 Å². The van der Waals surface area contributed by atoms with E-state index in [2.05, 4.69) is 11.6 Å². The van der Waals surface area contributed by atoms with Crippen molar-refractivity contribution in [3.05, 3.63) is 0 Å². The van der Waals surface area contributed by atoms with Gasteiger partial charge >= 0.3 is 11.8 Å². The van der Waals surface area contributed by atoms with Crippen LogP contribution in [-0.2, 0) is 0 Å². The van der Waals surface area contributed by atoms with Gasteiger partial charge in [0.1, 0.15) is 0 Å². The second kappa shape index (κ2) is 4.11. The molecule has 0 aliphatic carbocycles. The summed E-state index contributed by atoms with van der Waals surface area (Å²) < 4.78 is 80.8. The van der Waals surface area contributed by atoms with Crippen LogP contribution < -0.4 is 0 Å². The predicted molar refractivity (Wildman–Crippen MR) is 33.9 cm³/mol. The molecule has 0 fully saturated rings. The Bertz CT molecular complexity index is 234. The monoisotopic (exact) mass is 244 g/mol. The maximum Gasteiger partial charge on any atom is 0.505 e. The highest BCUT2D eigenvalue weighted by atomic mass is 35.5. The van der Waals surface area contributed by atoms with Crippen LogP contribution in [0.1, 0.15) is 0 Å². The van der Waals surface area contributed by atoms with Crippen LogP contribution in [0.5, 0.6) is 0 Å². The highest BCUT2D eigenvalue weighted by Crippen LogP contribution is 2.22. The largest absolute Gasteiger partial charge is 0.505 e. The van der Waals surface area contributed by atoms with Crippen LogP contribution in [0.4, 0.5) is 30.7 Å². The molecule has 0 atom stereocenters. The molecule has 2 nitrogen and oxygen atoms in total. The number of alkyl halides is 6. The molecule has 0 saturated carbocycles. The van der Waals surface area contributed by atoms with Crippen LogP contribution in [-0.4, -0.2) is 23.7 Å². The van der Waals surface area contributed by atoms with Crippen molar-refractivity contribution in [2.24, 2.45) is 9.98 Å². The molecule has 0 aliphatic heterocycles. The number of hydrogen-bond acceptors (Lipinski definition) is 2. The van der Waals surface area contributed by atoms with Gasteiger partial charge in [0, 0.05) is 0 Å². The first-order valence-electron chi connectivity index (χ1n) is 2.66. The van der Waals surface area contributed by atoms with E-state index in [1.807, 2.05) is 0 Å². The Morgan fingerprint density at radius 1 is 0.857 bits per heavy atom. The van der Waals surface area contributed by atoms with Gasteiger partial charge in [-0.05, 0) is 11.6 Å². The molecule has 0 heterocycles. The SMILES string of the molecule is FC(=NC(F)(F)F)C(F)=NC(F)(F)Cl. The summed E-state index contributed by atoms with van der Waals surface area (Å²) in [5, 5.41) is 0. The molecular weight excluding hydrogens is 244 g/mol. The zero-order chi connectivity index (χ0) is 11.6. The average molecular weight is 244 g/mol. The second-order valence-electron chi connectivity index (χ2n) is 1.74. The Balaban J connectivity index is 4.81. The number of nitrogens with zero attached hydrogens (tertiary/aromatic N) is 2. The molecule has 0 radical (unpaired) electrons. The summed E-state index contributed by atoms with van der Waals surface area (Å²) in [4.78, 5) is 2.62. The van der Waals surface area contributed by atoms with Gasteiger partial charge in [0.15, 0.2) is 0 Å². The summed E-state index contributed by atoms with van der Waals surface area (Å²) >= 11 is 3.98. The lowest BCUT2D eigenvalue weighted by molar-refractivity contribution is -0.120. The molecule has 14 heavy (non-hydrogen) atoms. The highest BCUT2D eigenvalue weighted by molar-refractivity contribution is 6.35. The van der Waals surface area contributed by atoms with Gasteiger partial charge in [0.25, 0.3) is 11.9 Å². The van der Waals surface area contributed by atoms with E-state index >= 15 is 0 Å². The molecule has 0 amide bonds. The van der Waals surface area contributed by atoms with Crippen molar-refractivity contribution in [3.63, 3.8) is 0 Å². The number of hydrogen-bond donors (Lipinski definition) is 0. The molecule has 0 aliphatic rings. The smallest absolute Gasteiger partial charge is 0.180 e. The maximum absolute atomic E-state index is 12.0. The maximum atomic E-state index is 12.0. The molecule has 0 rings (SSSR count). The Kier molecular flexibility index (Phi) is 3.86. The van der Waals surface area contributed by atoms with Crippen LogP contribution in [0.3, 0.4) is 0 Å². The molecular formula is C4ClF7N2. The third-order valence-electron chi connectivity index (χ3n) is 0.620. The van der Waals surface area contributed by atoms with E-state index in [9.17, 15) is 30.7 Å². The predicted octanol–water partition coefficient (Wildman–Crippen LogP) is 3.03. The van der Waals surface area contributed by atoms with Crippen LogP contribution in [0.15, 0.2) is 9.98 Å². The molecule has 0 aromatic rings. The van der Waals surface area contributed by atoms with Crippen molar-refractivity contribution < 1.29 is 30.7 Å². The Hall–Kier alpha value is -0.860. The molecule has 10 heteroatoms. The fourth-order valence-electron chi connectivity index (χ4n) is 0.315. The summed E-state index contributed by atoms with van der Waals surface area (Å²) in [6, 6.07) is 0. The first-order valence-corrected chi connectivity index (χ1v) is 3.03. The summed E-state index contributed by atoms with van der Waals surface area (Å²) in [6.45, 7) is 0. The van der Waals surface area contributed by atoms with Gasteiger partial charge in [-0.15, -0.1) is 13.2 Å². The van der Waals surface area contributed by atoms with Gasteiger partial charge in [-0.25, -0.2) is 0 Å². The molecule has 0 aromatic carbocycles. The first-order chi connectivity index (χ1) is 6.01. The fraction of sp³-hybridized carbons (Fsp3) is 0.500. The standard InChI is InChI=1S/C4ClF7N2/c5-3(8,9)13-1(6)2(7)14-4(10,11)12. The fourth-order valence-corrected chi connectivity index (χ4v) is 0.389. The van der Waals surface area contributed by atoms with Crippen molar-refractivity contribution in [2.75, 3.05) is 0 Å². The van der Waals surface area contributed by atoms with Crippen molar-refractivity contribution in [1.82, 2.24) is 0 Å². The number of rotatable bonds is 2. The van der Waals surface area contributed by atoms with Crippen LogP contribution in [0.2, 0.25) is 0 Å². The lowest BCUT2D eigenvalue weighted by Gasteiger charge is -2.00. The summed E-state index contributed by atoms with van der Waals surface area (Å²) in [5.41, 5.74) is -4.53.